The molecule has 1 aromatic heterocycles. The standard InChI is InChI=1S/C14H23BrN2/c1-4-13(9-15)10-17(5-2)11-14-8-6-7-12(3)16-14/h6-8,13H,4-5,9-11H2,1-3H3. The maximum Gasteiger partial charge on any atom is 0.0547 e. The predicted molar refractivity (Wildman–Crippen MR) is 77.5 cm³/mol. The third-order valence-corrected chi connectivity index (χ3v) is 4.01. The van der Waals surface area contributed by atoms with E-state index in [9.17, 15) is 0 Å². The van der Waals surface area contributed by atoms with E-state index >= 15 is 0 Å². The molecular formula is C14H23BrN2. The zero-order chi connectivity index (χ0) is 12.7. The Hall–Kier alpha value is -0.410. The number of alkyl halides is 1. The molecule has 0 radical (unpaired) electrons. The number of nitrogens with zero attached hydrogens (tertiary/aromatic N) is 2. The summed E-state index contributed by atoms with van der Waals surface area (Å²) in [6.07, 6.45) is 1.23. The summed E-state index contributed by atoms with van der Waals surface area (Å²) in [6, 6.07) is 6.26. The van der Waals surface area contributed by atoms with Crippen LogP contribution < -0.4 is 0 Å². The summed E-state index contributed by atoms with van der Waals surface area (Å²) in [5.74, 6) is 0.736. The summed E-state index contributed by atoms with van der Waals surface area (Å²) in [6.45, 7) is 9.71. The van der Waals surface area contributed by atoms with E-state index in [2.05, 4.69) is 51.8 Å². The van der Waals surface area contributed by atoms with Crippen molar-refractivity contribution in [1.82, 2.24) is 9.88 Å². The molecule has 1 aromatic rings. The molecule has 0 aliphatic heterocycles. The maximum absolute atomic E-state index is 4.57. The molecule has 1 rings (SSSR count). The molecule has 0 aliphatic rings. The first kappa shape index (κ1) is 14.7. The average Bonchev–Trinajstić information content (AvgIpc) is 2.34. The first-order chi connectivity index (χ1) is 8.19. The van der Waals surface area contributed by atoms with Gasteiger partial charge in [0, 0.05) is 24.1 Å². The van der Waals surface area contributed by atoms with Gasteiger partial charge in [0.05, 0.1) is 5.69 Å². The number of aromatic nitrogens is 1. The molecule has 1 unspecified atom stereocenters. The lowest BCUT2D eigenvalue weighted by molar-refractivity contribution is 0.238. The van der Waals surface area contributed by atoms with E-state index in [0.29, 0.717) is 0 Å². The summed E-state index contributed by atoms with van der Waals surface area (Å²) in [5, 5.41) is 1.08. The fourth-order valence-electron chi connectivity index (χ4n) is 1.87. The minimum atomic E-state index is 0.736. The van der Waals surface area contributed by atoms with Crippen LogP contribution in [-0.4, -0.2) is 28.3 Å². The van der Waals surface area contributed by atoms with Crippen LogP contribution in [0.2, 0.25) is 0 Å². The van der Waals surface area contributed by atoms with Crippen LogP contribution in [0.1, 0.15) is 31.7 Å². The first-order valence-corrected chi connectivity index (χ1v) is 7.52. The third-order valence-electron chi connectivity index (χ3n) is 3.09. The van der Waals surface area contributed by atoms with Crippen LogP contribution in [0.3, 0.4) is 0 Å². The zero-order valence-electron chi connectivity index (χ0n) is 11.1. The van der Waals surface area contributed by atoms with Gasteiger partial charge in [0.15, 0.2) is 0 Å². The van der Waals surface area contributed by atoms with Gasteiger partial charge in [-0.15, -0.1) is 0 Å². The van der Waals surface area contributed by atoms with E-state index in [-0.39, 0.29) is 0 Å². The number of pyridine rings is 1. The van der Waals surface area contributed by atoms with Gasteiger partial charge < -0.3 is 0 Å². The molecule has 1 atom stereocenters. The monoisotopic (exact) mass is 298 g/mol. The van der Waals surface area contributed by atoms with Gasteiger partial charge in [0.1, 0.15) is 0 Å². The fraction of sp³-hybridized carbons (Fsp3) is 0.643. The quantitative estimate of drug-likeness (QED) is 0.715. The Morgan fingerprint density at radius 3 is 2.65 bits per heavy atom. The van der Waals surface area contributed by atoms with Crippen molar-refractivity contribution < 1.29 is 0 Å². The molecule has 2 nitrogen and oxygen atoms in total. The number of hydrogen-bond acceptors (Lipinski definition) is 2. The number of hydrogen-bond donors (Lipinski definition) is 0. The minimum Gasteiger partial charge on any atom is -0.297 e. The van der Waals surface area contributed by atoms with Gasteiger partial charge in [0.25, 0.3) is 0 Å². The van der Waals surface area contributed by atoms with Gasteiger partial charge in [0.2, 0.25) is 0 Å². The van der Waals surface area contributed by atoms with E-state index in [1.54, 1.807) is 0 Å². The first-order valence-electron chi connectivity index (χ1n) is 6.40. The van der Waals surface area contributed by atoms with Crippen LogP contribution >= 0.6 is 15.9 Å². The third kappa shape index (κ3) is 5.17. The van der Waals surface area contributed by atoms with Crippen molar-refractivity contribution in [3.8, 4) is 0 Å². The predicted octanol–water partition coefficient (Wildman–Crippen LogP) is 3.63. The molecule has 17 heavy (non-hydrogen) atoms. The van der Waals surface area contributed by atoms with Gasteiger partial charge in [-0.05, 0) is 31.5 Å². The lowest BCUT2D eigenvalue weighted by Gasteiger charge is -2.24. The maximum atomic E-state index is 4.57. The van der Waals surface area contributed by atoms with Gasteiger partial charge in [-0.2, -0.15) is 0 Å². The highest BCUT2D eigenvalue weighted by atomic mass is 79.9. The van der Waals surface area contributed by atoms with Crippen molar-refractivity contribution in [2.45, 2.75) is 33.7 Å². The van der Waals surface area contributed by atoms with E-state index in [1.807, 2.05) is 13.0 Å². The van der Waals surface area contributed by atoms with Crippen molar-refractivity contribution in [1.29, 1.82) is 0 Å². The summed E-state index contributed by atoms with van der Waals surface area (Å²) < 4.78 is 0. The molecule has 1 heterocycles. The molecule has 0 bridgehead atoms. The van der Waals surface area contributed by atoms with Gasteiger partial charge >= 0.3 is 0 Å². The number of rotatable bonds is 7. The van der Waals surface area contributed by atoms with Crippen LogP contribution in [0.15, 0.2) is 18.2 Å². The summed E-state index contributed by atoms with van der Waals surface area (Å²) >= 11 is 3.59. The van der Waals surface area contributed by atoms with Crippen LogP contribution in [-0.2, 0) is 6.54 Å². The zero-order valence-corrected chi connectivity index (χ0v) is 12.7. The highest BCUT2D eigenvalue weighted by Crippen LogP contribution is 2.11. The van der Waals surface area contributed by atoms with Crippen LogP contribution in [0.25, 0.3) is 0 Å². The van der Waals surface area contributed by atoms with Crippen LogP contribution in [0.4, 0.5) is 0 Å². The summed E-state index contributed by atoms with van der Waals surface area (Å²) in [5.41, 5.74) is 2.28. The van der Waals surface area contributed by atoms with Gasteiger partial charge in [-0.25, -0.2) is 0 Å². The molecule has 0 N–H and O–H groups in total. The Morgan fingerprint density at radius 2 is 2.12 bits per heavy atom. The molecule has 0 spiro atoms. The molecule has 0 saturated heterocycles. The number of aryl methyl sites for hydroxylation is 1. The highest BCUT2D eigenvalue weighted by molar-refractivity contribution is 9.09. The van der Waals surface area contributed by atoms with E-state index < -0.39 is 0 Å². The molecule has 0 aliphatic carbocycles. The Morgan fingerprint density at radius 1 is 1.35 bits per heavy atom. The topological polar surface area (TPSA) is 16.1 Å². The Kier molecular flexibility index (Phi) is 6.75. The largest absolute Gasteiger partial charge is 0.297 e. The van der Waals surface area contributed by atoms with Crippen LogP contribution in [0, 0.1) is 12.8 Å². The number of halogens is 1. The molecule has 0 aromatic carbocycles. The van der Waals surface area contributed by atoms with Crippen molar-refractivity contribution >= 4 is 15.9 Å². The molecule has 0 saturated carbocycles. The second kappa shape index (κ2) is 7.83. The molecule has 0 fully saturated rings. The van der Waals surface area contributed by atoms with Crippen molar-refractivity contribution in [3.05, 3.63) is 29.6 Å². The summed E-state index contributed by atoms with van der Waals surface area (Å²) in [7, 11) is 0. The molecule has 3 heteroatoms. The van der Waals surface area contributed by atoms with E-state index in [0.717, 1.165) is 36.6 Å². The summed E-state index contributed by atoms with van der Waals surface area (Å²) in [4.78, 5) is 7.04. The van der Waals surface area contributed by atoms with Crippen molar-refractivity contribution in [2.75, 3.05) is 18.4 Å². The second-order valence-corrected chi connectivity index (χ2v) is 5.17. The average molecular weight is 299 g/mol. The minimum absolute atomic E-state index is 0.736. The van der Waals surface area contributed by atoms with Gasteiger partial charge in [-0.3, -0.25) is 9.88 Å². The molecular weight excluding hydrogens is 276 g/mol. The Bertz CT molecular complexity index is 324. The lowest BCUT2D eigenvalue weighted by atomic mass is 10.1. The normalized spacial score (nSPS) is 13.0. The smallest absolute Gasteiger partial charge is 0.0547 e. The van der Waals surface area contributed by atoms with Crippen LogP contribution in [0.5, 0.6) is 0 Å². The van der Waals surface area contributed by atoms with E-state index in [4.69, 9.17) is 0 Å². The van der Waals surface area contributed by atoms with Gasteiger partial charge in [-0.1, -0.05) is 42.3 Å². The van der Waals surface area contributed by atoms with Crippen molar-refractivity contribution in [2.24, 2.45) is 5.92 Å². The fourth-order valence-corrected chi connectivity index (χ4v) is 2.54. The van der Waals surface area contributed by atoms with E-state index in [1.165, 1.54) is 12.1 Å². The molecule has 96 valence electrons. The Balaban J connectivity index is 2.57. The van der Waals surface area contributed by atoms with Crippen molar-refractivity contribution in [3.63, 3.8) is 0 Å². The second-order valence-electron chi connectivity index (χ2n) is 4.53. The Labute approximate surface area is 114 Å². The highest BCUT2D eigenvalue weighted by Gasteiger charge is 2.11. The molecule has 0 amide bonds. The SMILES string of the molecule is CCC(CBr)CN(CC)Cc1cccc(C)n1. The lowest BCUT2D eigenvalue weighted by Crippen LogP contribution is -2.30.